The molecule has 0 spiro atoms. The maximum atomic E-state index is 13.2. The molecule has 2 aromatic carbocycles. The monoisotopic (exact) mass is 485 g/mol. The third-order valence-electron chi connectivity index (χ3n) is 6.12. The number of piperidine rings is 1. The largest absolute Gasteiger partial charge is 0.373 e. The van der Waals surface area contributed by atoms with Gasteiger partial charge in [-0.05, 0) is 62.6 Å². The number of anilines is 1. The van der Waals surface area contributed by atoms with Gasteiger partial charge in [0.2, 0.25) is 15.9 Å². The van der Waals surface area contributed by atoms with E-state index in [4.69, 9.17) is 4.74 Å². The van der Waals surface area contributed by atoms with Crippen LogP contribution in [0.15, 0.2) is 53.4 Å². The number of morpholine rings is 1. The first kappa shape index (κ1) is 24.4. The van der Waals surface area contributed by atoms with Crippen LogP contribution in [0.4, 0.5) is 5.69 Å². The molecule has 0 aromatic heterocycles. The highest BCUT2D eigenvalue weighted by Gasteiger charge is 2.32. The molecule has 2 saturated heterocycles. The Labute approximate surface area is 200 Å². The molecule has 34 heavy (non-hydrogen) atoms. The lowest BCUT2D eigenvalue weighted by Crippen LogP contribution is -2.48. The van der Waals surface area contributed by atoms with Crippen LogP contribution in [0.3, 0.4) is 0 Å². The molecule has 0 bridgehead atoms. The summed E-state index contributed by atoms with van der Waals surface area (Å²) in [5, 5.41) is 2.86. The van der Waals surface area contributed by atoms with E-state index in [1.165, 1.54) is 16.4 Å². The summed E-state index contributed by atoms with van der Waals surface area (Å²) in [6.07, 6.45) is 2.07. The van der Waals surface area contributed by atoms with Gasteiger partial charge in [0, 0.05) is 43.9 Å². The topological polar surface area (TPSA) is 96.0 Å². The van der Waals surface area contributed by atoms with Gasteiger partial charge in [0.25, 0.3) is 5.91 Å². The first-order valence-electron chi connectivity index (χ1n) is 11.7. The van der Waals surface area contributed by atoms with Crippen LogP contribution >= 0.6 is 0 Å². The lowest BCUT2D eigenvalue weighted by atomic mass is 10.1. The van der Waals surface area contributed by atoms with Gasteiger partial charge >= 0.3 is 0 Å². The summed E-state index contributed by atoms with van der Waals surface area (Å²) in [6.45, 7) is 5.22. The van der Waals surface area contributed by atoms with Crippen molar-refractivity contribution < 1.29 is 22.7 Å². The van der Waals surface area contributed by atoms with Crippen molar-refractivity contribution >= 4 is 27.5 Å². The first-order valence-corrected chi connectivity index (χ1v) is 13.1. The quantitative estimate of drug-likeness (QED) is 0.679. The Morgan fingerprint density at radius 2 is 1.79 bits per heavy atom. The van der Waals surface area contributed by atoms with E-state index in [0.29, 0.717) is 13.0 Å². The number of ether oxygens (including phenoxy) is 1. The number of carbonyl (C=O) groups is 2. The van der Waals surface area contributed by atoms with Crippen molar-refractivity contribution in [3.05, 3.63) is 59.7 Å². The highest BCUT2D eigenvalue weighted by molar-refractivity contribution is 7.89. The predicted octanol–water partition coefficient (Wildman–Crippen LogP) is 2.93. The minimum absolute atomic E-state index is 0.0899. The smallest absolute Gasteiger partial charge is 0.251 e. The van der Waals surface area contributed by atoms with Crippen molar-refractivity contribution in [3.8, 4) is 0 Å². The van der Waals surface area contributed by atoms with Crippen LogP contribution in [-0.4, -0.2) is 56.4 Å². The molecule has 0 radical (unpaired) electrons. The van der Waals surface area contributed by atoms with E-state index in [1.54, 1.807) is 17.0 Å². The Morgan fingerprint density at radius 1 is 1.06 bits per heavy atom. The molecule has 2 atom stereocenters. The van der Waals surface area contributed by atoms with E-state index in [2.05, 4.69) is 5.32 Å². The van der Waals surface area contributed by atoms with Gasteiger partial charge in [0.1, 0.15) is 0 Å². The molecule has 4 rings (SSSR count). The van der Waals surface area contributed by atoms with Gasteiger partial charge in [-0.3, -0.25) is 9.59 Å². The summed E-state index contributed by atoms with van der Waals surface area (Å²) < 4.78 is 33.4. The van der Waals surface area contributed by atoms with Crippen molar-refractivity contribution in [3.63, 3.8) is 0 Å². The third-order valence-corrected chi connectivity index (χ3v) is 7.95. The van der Waals surface area contributed by atoms with Crippen molar-refractivity contribution in [1.82, 2.24) is 9.62 Å². The second kappa shape index (κ2) is 10.2. The highest BCUT2D eigenvalue weighted by Crippen LogP contribution is 2.23. The van der Waals surface area contributed by atoms with Crippen LogP contribution in [0.2, 0.25) is 0 Å². The van der Waals surface area contributed by atoms with Gasteiger partial charge in [0.15, 0.2) is 0 Å². The van der Waals surface area contributed by atoms with Crippen molar-refractivity contribution in [2.24, 2.45) is 0 Å². The van der Waals surface area contributed by atoms with Crippen LogP contribution in [0.25, 0.3) is 0 Å². The molecule has 2 fully saturated rings. The number of hydrogen-bond acceptors (Lipinski definition) is 5. The molecule has 182 valence electrons. The molecule has 1 N–H and O–H groups in total. The van der Waals surface area contributed by atoms with Gasteiger partial charge in [-0.1, -0.05) is 18.2 Å². The fourth-order valence-electron chi connectivity index (χ4n) is 4.47. The molecule has 2 aliphatic heterocycles. The molecule has 2 aromatic rings. The lowest BCUT2D eigenvalue weighted by molar-refractivity contribution is -0.119. The molecule has 0 aliphatic carbocycles. The van der Waals surface area contributed by atoms with E-state index < -0.39 is 10.0 Å². The maximum Gasteiger partial charge on any atom is 0.251 e. The number of benzene rings is 2. The van der Waals surface area contributed by atoms with Crippen LogP contribution in [-0.2, 0) is 26.1 Å². The summed E-state index contributed by atoms with van der Waals surface area (Å²) >= 11 is 0. The Kier molecular flexibility index (Phi) is 7.35. The Hall–Kier alpha value is -2.75. The summed E-state index contributed by atoms with van der Waals surface area (Å²) in [7, 11) is -3.74. The van der Waals surface area contributed by atoms with Gasteiger partial charge in [-0.15, -0.1) is 0 Å². The second-order valence-electron chi connectivity index (χ2n) is 8.96. The molecule has 2 aliphatic rings. The Morgan fingerprint density at radius 3 is 2.53 bits per heavy atom. The van der Waals surface area contributed by atoms with Gasteiger partial charge in [-0.2, -0.15) is 4.31 Å². The number of amides is 2. The van der Waals surface area contributed by atoms with Gasteiger partial charge < -0.3 is 15.0 Å². The van der Waals surface area contributed by atoms with E-state index in [0.717, 1.165) is 24.1 Å². The maximum absolute atomic E-state index is 13.2. The van der Waals surface area contributed by atoms with Crippen molar-refractivity contribution in [2.45, 2.75) is 56.8 Å². The minimum Gasteiger partial charge on any atom is -0.373 e. The lowest BCUT2D eigenvalue weighted by Gasteiger charge is -2.34. The Bertz CT molecular complexity index is 1160. The van der Waals surface area contributed by atoms with Crippen molar-refractivity contribution in [2.75, 3.05) is 24.5 Å². The molecular formula is C25H31N3O5S. The molecule has 0 saturated carbocycles. The standard InChI is InChI=1S/C25H31N3O5S/c1-18-16-27(17-19(2)33-18)34(31,32)23-10-6-8-21(14-23)25(30)26-15-20-7-5-9-22(13-20)28-12-4-3-11-24(28)29/h5-10,13-14,18-19H,3-4,11-12,15-17H2,1-2H3,(H,26,30). The number of hydrogen-bond donors (Lipinski definition) is 1. The molecule has 2 amide bonds. The average Bonchev–Trinajstić information content (AvgIpc) is 2.82. The third kappa shape index (κ3) is 5.48. The molecular weight excluding hydrogens is 454 g/mol. The predicted molar refractivity (Wildman–Crippen MR) is 129 cm³/mol. The zero-order chi connectivity index (χ0) is 24.3. The van der Waals surface area contributed by atoms with Crippen LogP contribution in [0.5, 0.6) is 0 Å². The summed E-state index contributed by atoms with van der Waals surface area (Å²) in [5.74, 6) is -0.241. The SMILES string of the molecule is CC1CN(S(=O)(=O)c2cccc(C(=O)NCc3cccc(N4CCCCC4=O)c3)c2)CC(C)O1. The van der Waals surface area contributed by atoms with Crippen LogP contribution in [0, 0.1) is 0 Å². The number of nitrogens with zero attached hydrogens (tertiary/aromatic N) is 2. The molecule has 2 unspecified atom stereocenters. The highest BCUT2D eigenvalue weighted by atomic mass is 32.2. The Balaban J connectivity index is 1.44. The zero-order valence-electron chi connectivity index (χ0n) is 19.6. The average molecular weight is 486 g/mol. The summed E-state index contributed by atoms with van der Waals surface area (Å²) in [5.41, 5.74) is 1.97. The molecule has 8 nitrogen and oxygen atoms in total. The summed E-state index contributed by atoms with van der Waals surface area (Å²) in [6, 6.07) is 13.7. The van der Waals surface area contributed by atoms with E-state index in [9.17, 15) is 18.0 Å². The van der Waals surface area contributed by atoms with Crippen LogP contribution in [0.1, 0.15) is 49.0 Å². The van der Waals surface area contributed by atoms with Crippen molar-refractivity contribution in [1.29, 1.82) is 0 Å². The second-order valence-corrected chi connectivity index (χ2v) is 10.9. The van der Waals surface area contributed by atoms with E-state index >= 15 is 0 Å². The number of carbonyl (C=O) groups excluding carboxylic acids is 2. The normalized spacial score (nSPS) is 21.9. The fourth-order valence-corrected chi connectivity index (χ4v) is 6.11. The van der Waals surface area contributed by atoms with Gasteiger partial charge in [-0.25, -0.2) is 8.42 Å². The van der Waals surface area contributed by atoms with Crippen LogP contribution < -0.4 is 10.2 Å². The molecule has 2 heterocycles. The fraction of sp³-hybridized carbons (Fsp3) is 0.440. The first-order chi connectivity index (χ1) is 16.2. The number of nitrogens with one attached hydrogen (secondary N) is 1. The van der Waals surface area contributed by atoms with E-state index in [-0.39, 0.29) is 54.1 Å². The number of sulfonamides is 1. The summed E-state index contributed by atoms with van der Waals surface area (Å²) in [4.78, 5) is 26.9. The van der Waals surface area contributed by atoms with E-state index in [1.807, 2.05) is 38.1 Å². The van der Waals surface area contributed by atoms with Gasteiger partial charge in [0.05, 0.1) is 17.1 Å². The number of rotatable bonds is 6. The molecule has 9 heteroatoms. The minimum atomic E-state index is -3.74. The zero-order valence-corrected chi connectivity index (χ0v) is 20.4.